The molecule has 1 unspecified atom stereocenters. The number of esters is 1. The number of fused-ring (bicyclic) bond motifs is 1. The Morgan fingerprint density at radius 1 is 1.40 bits per heavy atom. The van der Waals surface area contributed by atoms with Crippen LogP contribution in [0, 0.1) is 17.2 Å². The van der Waals surface area contributed by atoms with E-state index in [9.17, 15) is 14.9 Å². The molecule has 2 heterocycles. The summed E-state index contributed by atoms with van der Waals surface area (Å²) in [5.41, 5.74) is 1.75. The second-order valence-corrected chi connectivity index (χ2v) is 7.65. The van der Waals surface area contributed by atoms with Gasteiger partial charge in [0, 0.05) is 11.4 Å². The highest BCUT2D eigenvalue weighted by molar-refractivity contribution is 7.16. The molecule has 1 aliphatic heterocycles. The van der Waals surface area contributed by atoms with Gasteiger partial charge in [-0.3, -0.25) is 14.5 Å². The summed E-state index contributed by atoms with van der Waals surface area (Å²) in [4.78, 5) is 27.5. The Bertz CT molecular complexity index is 707. The molecule has 1 fully saturated rings. The van der Waals surface area contributed by atoms with E-state index in [1.54, 1.807) is 6.92 Å². The van der Waals surface area contributed by atoms with E-state index < -0.39 is 0 Å². The molecule has 25 heavy (non-hydrogen) atoms. The smallest absolute Gasteiger partial charge is 0.310 e. The van der Waals surface area contributed by atoms with Gasteiger partial charge in [-0.25, -0.2) is 0 Å². The molecule has 0 spiro atoms. The Hall–Kier alpha value is -1.91. The molecule has 0 radical (unpaired) electrons. The van der Waals surface area contributed by atoms with Gasteiger partial charge in [0.15, 0.2) is 0 Å². The number of anilines is 1. The molecule has 134 valence electrons. The van der Waals surface area contributed by atoms with E-state index in [1.807, 2.05) is 4.90 Å². The minimum atomic E-state index is -0.172. The average molecular weight is 361 g/mol. The quantitative estimate of drug-likeness (QED) is 0.814. The lowest BCUT2D eigenvalue weighted by atomic mass is 9.98. The average Bonchev–Trinajstić information content (AvgIpc) is 3.15. The number of nitrogens with zero attached hydrogens (tertiary/aromatic N) is 2. The van der Waals surface area contributed by atoms with Crippen LogP contribution in [-0.4, -0.2) is 43.0 Å². The number of likely N-dealkylation sites (tertiary alicyclic amines) is 1. The van der Waals surface area contributed by atoms with E-state index in [0.717, 1.165) is 44.2 Å². The van der Waals surface area contributed by atoms with Crippen molar-refractivity contribution in [2.45, 2.75) is 39.0 Å². The van der Waals surface area contributed by atoms with Gasteiger partial charge >= 0.3 is 5.97 Å². The highest BCUT2D eigenvalue weighted by Crippen LogP contribution is 2.38. The van der Waals surface area contributed by atoms with Gasteiger partial charge in [-0.2, -0.15) is 5.26 Å². The number of amides is 1. The van der Waals surface area contributed by atoms with Crippen molar-refractivity contribution in [3.8, 4) is 6.07 Å². The van der Waals surface area contributed by atoms with Gasteiger partial charge in [0.1, 0.15) is 11.1 Å². The Morgan fingerprint density at radius 3 is 3.00 bits per heavy atom. The van der Waals surface area contributed by atoms with Crippen molar-refractivity contribution in [3.05, 3.63) is 16.0 Å². The van der Waals surface area contributed by atoms with Crippen LogP contribution in [0.4, 0.5) is 5.00 Å². The molecule has 1 N–H and O–H groups in total. The molecule has 6 nitrogen and oxygen atoms in total. The van der Waals surface area contributed by atoms with E-state index in [1.165, 1.54) is 16.2 Å². The number of aryl methyl sites for hydroxylation is 1. The third-order valence-corrected chi connectivity index (χ3v) is 5.99. The topological polar surface area (TPSA) is 82.4 Å². The molecule has 0 bridgehead atoms. The van der Waals surface area contributed by atoms with Gasteiger partial charge in [0.25, 0.3) is 0 Å². The predicted octanol–water partition coefficient (Wildman–Crippen LogP) is 2.32. The summed E-state index contributed by atoms with van der Waals surface area (Å²) >= 11 is 1.53. The Balaban J connectivity index is 1.58. The van der Waals surface area contributed by atoms with Crippen molar-refractivity contribution in [3.63, 3.8) is 0 Å². The number of piperidine rings is 1. The molecule has 0 saturated carbocycles. The van der Waals surface area contributed by atoms with Crippen LogP contribution in [0.15, 0.2) is 0 Å². The van der Waals surface area contributed by atoms with Gasteiger partial charge < -0.3 is 10.1 Å². The maximum absolute atomic E-state index is 12.4. The van der Waals surface area contributed by atoms with Crippen LogP contribution in [-0.2, 0) is 27.2 Å². The number of hydrogen-bond acceptors (Lipinski definition) is 6. The van der Waals surface area contributed by atoms with Crippen LogP contribution in [0.3, 0.4) is 0 Å². The Labute approximate surface area is 151 Å². The highest BCUT2D eigenvalue weighted by atomic mass is 32.1. The molecule has 2 aliphatic rings. The molecule has 3 rings (SSSR count). The molecular weight excluding hydrogens is 338 g/mol. The van der Waals surface area contributed by atoms with Crippen LogP contribution in [0.2, 0.25) is 0 Å². The van der Waals surface area contributed by atoms with Gasteiger partial charge in [-0.05, 0) is 51.1 Å². The predicted molar refractivity (Wildman–Crippen MR) is 95.5 cm³/mol. The SMILES string of the molecule is CCOC(=O)C1CCCN(CC(=O)Nc2sc3c(c2C#N)CCC3)C1. The lowest BCUT2D eigenvalue weighted by Crippen LogP contribution is -2.43. The number of carbonyl (C=O) groups excluding carboxylic acids is 2. The summed E-state index contributed by atoms with van der Waals surface area (Å²) in [7, 11) is 0. The maximum atomic E-state index is 12.4. The maximum Gasteiger partial charge on any atom is 0.310 e. The fraction of sp³-hybridized carbons (Fsp3) is 0.611. The molecule has 7 heteroatoms. The number of carbonyl (C=O) groups is 2. The van der Waals surface area contributed by atoms with Crippen molar-refractivity contribution in [2.24, 2.45) is 5.92 Å². The normalized spacial score (nSPS) is 19.9. The third kappa shape index (κ3) is 4.02. The zero-order valence-corrected chi connectivity index (χ0v) is 15.3. The molecular formula is C18H23N3O3S. The van der Waals surface area contributed by atoms with Gasteiger partial charge in [0.2, 0.25) is 5.91 Å². The number of nitrogens with one attached hydrogen (secondary N) is 1. The molecule has 0 aromatic carbocycles. The van der Waals surface area contributed by atoms with E-state index in [2.05, 4.69) is 11.4 Å². The number of rotatable bonds is 5. The third-order valence-electron chi connectivity index (χ3n) is 4.78. The van der Waals surface area contributed by atoms with Crippen LogP contribution < -0.4 is 5.32 Å². The molecule has 1 saturated heterocycles. The molecule has 1 aliphatic carbocycles. The lowest BCUT2D eigenvalue weighted by Gasteiger charge is -2.30. The van der Waals surface area contributed by atoms with Crippen LogP contribution in [0.1, 0.15) is 42.2 Å². The zero-order chi connectivity index (χ0) is 17.8. The lowest BCUT2D eigenvalue weighted by molar-refractivity contribution is -0.150. The molecule has 1 atom stereocenters. The fourth-order valence-corrected chi connectivity index (χ4v) is 4.89. The summed E-state index contributed by atoms with van der Waals surface area (Å²) < 4.78 is 5.09. The van der Waals surface area contributed by atoms with Crippen LogP contribution in [0.5, 0.6) is 0 Å². The summed E-state index contributed by atoms with van der Waals surface area (Å²) in [5.74, 6) is -0.448. The zero-order valence-electron chi connectivity index (χ0n) is 14.5. The van der Waals surface area contributed by atoms with Gasteiger partial charge in [0.05, 0.1) is 24.6 Å². The molecule has 1 amide bonds. The van der Waals surface area contributed by atoms with Crippen molar-refractivity contribution in [2.75, 3.05) is 31.6 Å². The molecule has 1 aromatic heterocycles. The molecule has 1 aromatic rings. The van der Waals surface area contributed by atoms with Crippen molar-refractivity contribution >= 4 is 28.2 Å². The summed E-state index contributed by atoms with van der Waals surface area (Å²) in [6.07, 6.45) is 4.71. The Kier molecular flexibility index (Phi) is 5.71. The van der Waals surface area contributed by atoms with Crippen LogP contribution in [0.25, 0.3) is 0 Å². The monoisotopic (exact) mass is 361 g/mol. The minimum Gasteiger partial charge on any atom is -0.466 e. The second-order valence-electron chi connectivity index (χ2n) is 6.55. The summed E-state index contributed by atoms with van der Waals surface area (Å²) in [6, 6.07) is 2.24. The van der Waals surface area contributed by atoms with E-state index in [4.69, 9.17) is 4.74 Å². The van der Waals surface area contributed by atoms with Crippen molar-refractivity contribution in [1.82, 2.24) is 4.90 Å². The number of ether oxygens (including phenoxy) is 1. The number of hydrogen-bond donors (Lipinski definition) is 1. The largest absolute Gasteiger partial charge is 0.466 e. The second kappa shape index (κ2) is 7.98. The standard InChI is InChI=1S/C18H23N3O3S/c1-2-24-18(23)12-5-4-8-21(10-12)11-16(22)20-17-14(9-19)13-6-3-7-15(13)25-17/h12H,2-8,10-11H2,1H3,(H,20,22). The van der Waals surface area contributed by atoms with Crippen molar-refractivity contribution < 1.29 is 14.3 Å². The van der Waals surface area contributed by atoms with Gasteiger partial charge in [-0.1, -0.05) is 0 Å². The van der Waals surface area contributed by atoms with Gasteiger partial charge in [-0.15, -0.1) is 11.3 Å². The summed E-state index contributed by atoms with van der Waals surface area (Å²) in [5, 5.41) is 13.0. The number of nitriles is 1. The first kappa shape index (κ1) is 17.9. The fourth-order valence-electron chi connectivity index (χ4n) is 3.63. The van der Waals surface area contributed by atoms with Crippen LogP contribution >= 0.6 is 11.3 Å². The first-order valence-electron chi connectivity index (χ1n) is 8.85. The van der Waals surface area contributed by atoms with E-state index in [-0.39, 0.29) is 24.3 Å². The number of thiophene rings is 1. The first-order valence-corrected chi connectivity index (χ1v) is 9.67. The summed E-state index contributed by atoms with van der Waals surface area (Å²) in [6.45, 7) is 3.78. The highest BCUT2D eigenvalue weighted by Gasteiger charge is 2.28. The van der Waals surface area contributed by atoms with E-state index >= 15 is 0 Å². The first-order chi connectivity index (χ1) is 12.1. The minimum absolute atomic E-state index is 0.124. The van der Waals surface area contributed by atoms with Crippen molar-refractivity contribution in [1.29, 1.82) is 5.26 Å². The van der Waals surface area contributed by atoms with E-state index in [0.29, 0.717) is 23.7 Å². The Morgan fingerprint density at radius 2 is 2.24 bits per heavy atom.